The average Bonchev–Trinajstić information content (AvgIpc) is 3.12. The second-order valence-electron chi connectivity index (χ2n) is 6.55. The number of nitrogens with one attached hydrogen (secondary N) is 1. The Kier molecular flexibility index (Phi) is 5.11. The molecule has 29 heavy (non-hydrogen) atoms. The fourth-order valence-corrected chi connectivity index (χ4v) is 3.04. The van der Waals surface area contributed by atoms with Gasteiger partial charge in [0.25, 0.3) is 0 Å². The Morgan fingerprint density at radius 1 is 1.14 bits per heavy atom. The minimum absolute atomic E-state index is 0.00144. The molecule has 0 bridgehead atoms. The summed E-state index contributed by atoms with van der Waals surface area (Å²) in [4.78, 5) is 20.7. The molecular formula is C22H17FN4O2. The number of benzene rings is 2. The second kappa shape index (κ2) is 8.02. The van der Waals surface area contributed by atoms with Crippen molar-refractivity contribution in [3.63, 3.8) is 0 Å². The zero-order chi connectivity index (χ0) is 20.2. The van der Waals surface area contributed by atoms with E-state index in [0.717, 1.165) is 11.1 Å². The number of carbonyl (C=O) groups is 1. The number of rotatable bonds is 5. The maximum atomic E-state index is 13.4. The number of halogens is 1. The summed E-state index contributed by atoms with van der Waals surface area (Å²) in [7, 11) is 0. The highest BCUT2D eigenvalue weighted by atomic mass is 19.1. The van der Waals surface area contributed by atoms with Crippen LogP contribution in [0, 0.1) is 12.7 Å². The van der Waals surface area contributed by atoms with Crippen molar-refractivity contribution in [3.05, 3.63) is 84.1 Å². The lowest BCUT2D eigenvalue weighted by atomic mass is 10.0. The third-order valence-corrected chi connectivity index (χ3v) is 4.33. The normalized spacial score (nSPS) is 10.7. The van der Waals surface area contributed by atoms with Crippen LogP contribution in [0.15, 0.2) is 71.6 Å². The maximum absolute atomic E-state index is 13.4. The third kappa shape index (κ3) is 4.19. The van der Waals surface area contributed by atoms with Crippen molar-refractivity contribution in [1.29, 1.82) is 0 Å². The number of amides is 1. The quantitative estimate of drug-likeness (QED) is 0.547. The first-order valence-electron chi connectivity index (χ1n) is 8.97. The molecule has 0 saturated carbocycles. The molecule has 0 unspecified atom stereocenters. The smallest absolute Gasteiger partial charge is 0.241 e. The van der Waals surface area contributed by atoms with Gasteiger partial charge in [0, 0.05) is 11.8 Å². The maximum Gasteiger partial charge on any atom is 0.241 e. The minimum atomic E-state index is -0.390. The van der Waals surface area contributed by atoms with Crippen LogP contribution in [0.4, 0.5) is 10.3 Å². The number of carbonyl (C=O) groups excluding carboxylic acids is 1. The highest BCUT2D eigenvalue weighted by molar-refractivity contribution is 5.97. The molecule has 0 aliphatic carbocycles. The number of aromatic nitrogens is 3. The van der Waals surface area contributed by atoms with Gasteiger partial charge < -0.3 is 4.52 Å². The largest absolute Gasteiger partial charge is 0.337 e. The monoisotopic (exact) mass is 388 g/mol. The number of anilines is 1. The standard InChI is InChI=1S/C22H17FN4O2/c1-14-4-2-6-16(10-14)21-20(18-8-9-24-13-25-18)22(29-27-21)26-19(28)12-15-5-3-7-17(23)11-15/h2-11,13H,12H2,1H3,(H,26,28). The molecule has 0 aliphatic heterocycles. The number of hydrogen-bond donors (Lipinski definition) is 1. The van der Waals surface area contributed by atoms with Crippen molar-refractivity contribution in [1.82, 2.24) is 15.1 Å². The average molecular weight is 388 g/mol. The van der Waals surface area contributed by atoms with Gasteiger partial charge in [-0.15, -0.1) is 0 Å². The molecule has 1 amide bonds. The Morgan fingerprint density at radius 2 is 2.00 bits per heavy atom. The number of aryl methyl sites for hydroxylation is 1. The topological polar surface area (TPSA) is 80.9 Å². The van der Waals surface area contributed by atoms with E-state index < -0.39 is 5.82 Å². The van der Waals surface area contributed by atoms with Crippen LogP contribution in [0.5, 0.6) is 0 Å². The molecule has 0 radical (unpaired) electrons. The lowest BCUT2D eigenvalue weighted by molar-refractivity contribution is -0.115. The van der Waals surface area contributed by atoms with Crippen LogP contribution >= 0.6 is 0 Å². The van der Waals surface area contributed by atoms with E-state index >= 15 is 0 Å². The van der Waals surface area contributed by atoms with Crippen LogP contribution in [-0.2, 0) is 11.2 Å². The van der Waals surface area contributed by atoms with E-state index in [1.165, 1.54) is 18.5 Å². The summed E-state index contributed by atoms with van der Waals surface area (Å²) in [5.41, 5.74) is 4.16. The molecule has 144 valence electrons. The van der Waals surface area contributed by atoms with Crippen molar-refractivity contribution >= 4 is 11.8 Å². The van der Waals surface area contributed by atoms with E-state index in [4.69, 9.17) is 4.52 Å². The molecular weight excluding hydrogens is 371 g/mol. The number of hydrogen-bond acceptors (Lipinski definition) is 5. The lowest BCUT2D eigenvalue weighted by Crippen LogP contribution is -2.14. The zero-order valence-corrected chi connectivity index (χ0v) is 15.6. The molecule has 0 atom stereocenters. The molecule has 7 heteroatoms. The molecule has 0 spiro atoms. The Balaban J connectivity index is 1.69. The molecule has 6 nitrogen and oxygen atoms in total. The highest BCUT2D eigenvalue weighted by Crippen LogP contribution is 2.36. The predicted octanol–water partition coefficient (Wildman–Crippen LogP) is 4.43. The SMILES string of the molecule is Cc1cccc(-c2noc(NC(=O)Cc3cccc(F)c3)c2-c2ccncn2)c1. The summed E-state index contributed by atoms with van der Waals surface area (Å²) in [6.07, 6.45) is 3.02. The van der Waals surface area contributed by atoms with Gasteiger partial charge in [-0.05, 0) is 36.8 Å². The van der Waals surface area contributed by atoms with Gasteiger partial charge in [-0.25, -0.2) is 14.4 Å². The van der Waals surface area contributed by atoms with Crippen LogP contribution in [0.2, 0.25) is 0 Å². The van der Waals surface area contributed by atoms with Gasteiger partial charge in [0.05, 0.1) is 17.7 Å². The van der Waals surface area contributed by atoms with Crippen molar-refractivity contribution in [2.75, 3.05) is 5.32 Å². The zero-order valence-electron chi connectivity index (χ0n) is 15.6. The van der Waals surface area contributed by atoms with Crippen LogP contribution < -0.4 is 5.32 Å². The molecule has 2 heterocycles. The van der Waals surface area contributed by atoms with E-state index in [0.29, 0.717) is 22.5 Å². The Morgan fingerprint density at radius 3 is 2.76 bits per heavy atom. The van der Waals surface area contributed by atoms with E-state index in [-0.39, 0.29) is 18.2 Å². The number of nitrogens with zero attached hydrogens (tertiary/aromatic N) is 3. The van der Waals surface area contributed by atoms with Crippen molar-refractivity contribution in [2.24, 2.45) is 0 Å². The lowest BCUT2D eigenvalue weighted by Gasteiger charge is -2.06. The molecule has 4 rings (SSSR count). The molecule has 2 aromatic heterocycles. The molecule has 0 aliphatic rings. The molecule has 0 saturated heterocycles. The first-order valence-corrected chi connectivity index (χ1v) is 8.97. The van der Waals surface area contributed by atoms with Gasteiger partial charge >= 0.3 is 0 Å². The molecule has 2 aromatic carbocycles. The van der Waals surface area contributed by atoms with Gasteiger partial charge in [-0.2, -0.15) is 0 Å². The van der Waals surface area contributed by atoms with Crippen LogP contribution in [0.3, 0.4) is 0 Å². The summed E-state index contributed by atoms with van der Waals surface area (Å²) in [6, 6.07) is 15.4. The van der Waals surface area contributed by atoms with Gasteiger partial charge in [0.15, 0.2) is 0 Å². The molecule has 1 N–H and O–H groups in total. The van der Waals surface area contributed by atoms with Gasteiger partial charge in [-0.3, -0.25) is 10.1 Å². The van der Waals surface area contributed by atoms with Gasteiger partial charge in [0.2, 0.25) is 11.8 Å². The van der Waals surface area contributed by atoms with E-state index in [1.807, 2.05) is 31.2 Å². The molecule has 0 fully saturated rings. The fraction of sp³-hybridized carbons (Fsp3) is 0.0909. The first-order chi connectivity index (χ1) is 14.1. The van der Waals surface area contributed by atoms with E-state index in [1.54, 1.807) is 24.4 Å². The highest BCUT2D eigenvalue weighted by Gasteiger charge is 2.22. The Bertz CT molecular complexity index is 1160. The van der Waals surface area contributed by atoms with E-state index in [2.05, 4.69) is 20.4 Å². The summed E-state index contributed by atoms with van der Waals surface area (Å²) < 4.78 is 18.8. The first kappa shape index (κ1) is 18.5. The van der Waals surface area contributed by atoms with Gasteiger partial charge in [-0.1, -0.05) is 41.1 Å². The van der Waals surface area contributed by atoms with Crippen LogP contribution in [0.25, 0.3) is 22.5 Å². The van der Waals surface area contributed by atoms with Crippen molar-refractivity contribution in [3.8, 4) is 22.5 Å². The molecule has 4 aromatic rings. The minimum Gasteiger partial charge on any atom is -0.337 e. The van der Waals surface area contributed by atoms with Crippen molar-refractivity contribution in [2.45, 2.75) is 13.3 Å². The van der Waals surface area contributed by atoms with Crippen LogP contribution in [0.1, 0.15) is 11.1 Å². The predicted molar refractivity (Wildman–Crippen MR) is 106 cm³/mol. The second-order valence-corrected chi connectivity index (χ2v) is 6.55. The van der Waals surface area contributed by atoms with Crippen molar-refractivity contribution < 1.29 is 13.7 Å². The van der Waals surface area contributed by atoms with Crippen LogP contribution in [-0.4, -0.2) is 21.0 Å². The summed E-state index contributed by atoms with van der Waals surface area (Å²) in [5.74, 6) is -0.558. The Labute approximate surface area is 166 Å². The van der Waals surface area contributed by atoms with Gasteiger partial charge in [0.1, 0.15) is 17.8 Å². The third-order valence-electron chi connectivity index (χ3n) is 4.33. The summed E-state index contributed by atoms with van der Waals surface area (Å²) in [6.45, 7) is 1.98. The Hall–Kier alpha value is -3.87. The van der Waals surface area contributed by atoms with E-state index in [9.17, 15) is 9.18 Å². The summed E-state index contributed by atoms with van der Waals surface area (Å²) in [5, 5.41) is 6.90. The summed E-state index contributed by atoms with van der Waals surface area (Å²) >= 11 is 0. The fourth-order valence-electron chi connectivity index (χ4n) is 3.04.